The molecule has 17 heavy (non-hydrogen) atoms. The van der Waals surface area contributed by atoms with Gasteiger partial charge in [0.05, 0.1) is 7.11 Å². The van der Waals surface area contributed by atoms with E-state index in [0.29, 0.717) is 17.2 Å². The van der Waals surface area contributed by atoms with Gasteiger partial charge in [0.1, 0.15) is 0 Å². The third kappa shape index (κ3) is 3.32. The minimum absolute atomic E-state index is 0.394. The molecular formula is C13H21N3O. The van der Waals surface area contributed by atoms with Crippen molar-refractivity contribution in [1.29, 1.82) is 0 Å². The molecule has 94 valence electrons. The van der Waals surface area contributed by atoms with Crippen molar-refractivity contribution in [3.63, 3.8) is 0 Å². The lowest BCUT2D eigenvalue weighted by atomic mass is 9.76. The number of nitrogens with one attached hydrogen (secondary N) is 1. The van der Waals surface area contributed by atoms with Crippen molar-refractivity contribution >= 4 is 5.95 Å². The van der Waals surface area contributed by atoms with Crippen LogP contribution in [-0.4, -0.2) is 23.6 Å². The summed E-state index contributed by atoms with van der Waals surface area (Å²) in [5, 5.41) is 3.33. The zero-order valence-electron chi connectivity index (χ0n) is 10.7. The van der Waals surface area contributed by atoms with Gasteiger partial charge in [-0.05, 0) is 18.3 Å². The Kier molecular flexibility index (Phi) is 3.82. The zero-order chi connectivity index (χ0) is 12.1. The van der Waals surface area contributed by atoms with E-state index < -0.39 is 0 Å². The fourth-order valence-corrected chi connectivity index (χ4v) is 2.42. The Hall–Kier alpha value is -1.32. The van der Waals surface area contributed by atoms with Gasteiger partial charge in [-0.3, -0.25) is 0 Å². The zero-order valence-corrected chi connectivity index (χ0v) is 10.7. The molecule has 1 N–H and O–H groups in total. The Labute approximate surface area is 103 Å². The van der Waals surface area contributed by atoms with E-state index in [9.17, 15) is 0 Å². The summed E-state index contributed by atoms with van der Waals surface area (Å²) in [4.78, 5) is 8.46. The summed E-state index contributed by atoms with van der Waals surface area (Å²) < 4.78 is 5.08. The van der Waals surface area contributed by atoms with Crippen LogP contribution >= 0.6 is 0 Å². The van der Waals surface area contributed by atoms with Crippen molar-refractivity contribution < 1.29 is 4.74 Å². The maximum atomic E-state index is 5.08. The van der Waals surface area contributed by atoms with Gasteiger partial charge < -0.3 is 10.1 Å². The average Bonchev–Trinajstić information content (AvgIpc) is 2.38. The van der Waals surface area contributed by atoms with Crippen LogP contribution in [0.1, 0.15) is 39.0 Å². The second-order valence-electron chi connectivity index (χ2n) is 5.15. The molecule has 4 nitrogen and oxygen atoms in total. The molecule has 1 fully saturated rings. The molecule has 0 aliphatic heterocycles. The Morgan fingerprint density at radius 2 is 2.12 bits per heavy atom. The number of aromatic nitrogens is 2. The first-order valence-corrected chi connectivity index (χ1v) is 6.33. The van der Waals surface area contributed by atoms with Gasteiger partial charge in [0.15, 0.2) is 0 Å². The molecule has 0 saturated heterocycles. The van der Waals surface area contributed by atoms with Crippen molar-refractivity contribution in [3.8, 4) is 5.88 Å². The van der Waals surface area contributed by atoms with E-state index in [1.165, 1.54) is 32.1 Å². The van der Waals surface area contributed by atoms with Crippen LogP contribution in [0.4, 0.5) is 5.95 Å². The predicted molar refractivity (Wildman–Crippen MR) is 68.3 cm³/mol. The van der Waals surface area contributed by atoms with Crippen molar-refractivity contribution in [3.05, 3.63) is 12.3 Å². The molecule has 1 aromatic rings. The summed E-state index contributed by atoms with van der Waals surface area (Å²) in [5.74, 6) is 1.27. The summed E-state index contributed by atoms with van der Waals surface area (Å²) in [7, 11) is 1.62. The first-order valence-electron chi connectivity index (χ1n) is 6.33. The van der Waals surface area contributed by atoms with E-state index in [0.717, 1.165) is 6.54 Å². The van der Waals surface area contributed by atoms with Crippen LogP contribution in [0.2, 0.25) is 0 Å². The van der Waals surface area contributed by atoms with E-state index in [1.54, 1.807) is 19.4 Å². The summed E-state index contributed by atoms with van der Waals surface area (Å²) in [6.07, 6.45) is 8.38. The van der Waals surface area contributed by atoms with Crippen molar-refractivity contribution in [2.24, 2.45) is 5.41 Å². The summed E-state index contributed by atoms with van der Waals surface area (Å²) in [6, 6.07) is 1.76. The normalized spacial score (nSPS) is 18.7. The third-order valence-corrected chi connectivity index (χ3v) is 3.57. The van der Waals surface area contributed by atoms with Crippen LogP contribution in [0.3, 0.4) is 0 Å². The fourth-order valence-electron chi connectivity index (χ4n) is 2.42. The summed E-state index contributed by atoms with van der Waals surface area (Å²) in [5.41, 5.74) is 0.394. The minimum atomic E-state index is 0.394. The Morgan fingerprint density at radius 3 is 2.82 bits per heavy atom. The van der Waals surface area contributed by atoms with Crippen molar-refractivity contribution in [1.82, 2.24) is 9.97 Å². The van der Waals surface area contributed by atoms with E-state index in [2.05, 4.69) is 22.2 Å². The molecule has 0 atom stereocenters. The molecule has 0 spiro atoms. The molecule has 0 radical (unpaired) electrons. The number of rotatable bonds is 4. The van der Waals surface area contributed by atoms with Crippen LogP contribution in [0, 0.1) is 5.41 Å². The third-order valence-electron chi connectivity index (χ3n) is 3.57. The Balaban J connectivity index is 1.92. The topological polar surface area (TPSA) is 47.0 Å². The number of hydrogen-bond acceptors (Lipinski definition) is 4. The Morgan fingerprint density at radius 1 is 1.35 bits per heavy atom. The average molecular weight is 235 g/mol. The second kappa shape index (κ2) is 5.34. The molecule has 1 heterocycles. The lowest BCUT2D eigenvalue weighted by Gasteiger charge is -2.33. The largest absolute Gasteiger partial charge is 0.481 e. The van der Waals surface area contributed by atoms with Crippen LogP contribution in [0.25, 0.3) is 0 Å². The smallest absolute Gasteiger partial charge is 0.225 e. The lowest BCUT2D eigenvalue weighted by Crippen LogP contribution is -2.29. The second-order valence-corrected chi connectivity index (χ2v) is 5.15. The lowest BCUT2D eigenvalue weighted by molar-refractivity contribution is 0.233. The van der Waals surface area contributed by atoms with Crippen molar-refractivity contribution in [2.75, 3.05) is 19.0 Å². The molecule has 4 heteroatoms. The van der Waals surface area contributed by atoms with E-state index in [-0.39, 0.29) is 0 Å². The van der Waals surface area contributed by atoms with Gasteiger partial charge in [-0.15, -0.1) is 0 Å². The number of ether oxygens (including phenoxy) is 1. The molecule has 0 unspecified atom stereocenters. The van der Waals surface area contributed by atoms with Gasteiger partial charge >= 0.3 is 0 Å². The predicted octanol–water partition coefficient (Wildman–Crippen LogP) is 2.87. The van der Waals surface area contributed by atoms with Gasteiger partial charge in [0.2, 0.25) is 11.8 Å². The summed E-state index contributed by atoms with van der Waals surface area (Å²) >= 11 is 0. The molecule has 1 aromatic heterocycles. The highest BCUT2D eigenvalue weighted by Gasteiger charge is 2.26. The maximum Gasteiger partial charge on any atom is 0.225 e. The molecule has 2 rings (SSSR count). The monoisotopic (exact) mass is 235 g/mol. The Bertz CT molecular complexity index is 361. The molecular weight excluding hydrogens is 214 g/mol. The summed E-state index contributed by atoms with van der Waals surface area (Å²) in [6.45, 7) is 3.29. The molecule has 1 aliphatic carbocycles. The molecule has 0 bridgehead atoms. The van der Waals surface area contributed by atoms with Gasteiger partial charge in [-0.1, -0.05) is 26.2 Å². The number of nitrogens with zero attached hydrogens (tertiary/aromatic N) is 2. The number of hydrogen-bond donors (Lipinski definition) is 1. The van der Waals surface area contributed by atoms with Crippen molar-refractivity contribution in [2.45, 2.75) is 39.0 Å². The standard InChI is InChI=1S/C13H21N3O/c1-13(7-4-3-5-8-13)10-15-12-14-9-6-11(16-12)17-2/h6,9H,3-5,7-8,10H2,1-2H3,(H,14,15,16). The SMILES string of the molecule is COc1ccnc(NCC2(C)CCCCC2)n1. The fraction of sp³-hybridized carbons (Fsp3) is 0.692. The number of anilines is 1. The molecule has 1 saturated carbocycles. The first-order chi connectivity index (χ1) is 8.22. The maximum absolute atomic E-state index is 5.08. The van der Waals surface area contributed by atoms with E-state index >= 15 is 0 Å². The van der Waals surface area contributed by atoms with Gasteiger partial charge in [-0.25, -0.2) is 4.98 Å². The molecule has 1 aliphatic rings. The van der Waals surface area contributed by atoms with Crippen LogP contribution < -0.4 is 10.1 Å². The van der Waals surface area contributed by atoms with E-state index in [4.69, 9.17) is 4.74 Å². The van der Waals surface area contributed by atoms with Crippen LogP contribution in [0.15, 0.2) is 12.3 Å². The van der Waals surface area contributed by atoms with Gasteiger partial charge in [0, 0.05) is 18.8 Å². The van der Waals surface area contributed by atoms with E-state index in [1.807, 2.05) is 0 Å². The highest BCUT2D eigenvalue weighted by Crippen LogP contribution is 2.35. The molecule has 0 aromatic carbocycles. The highest BCUT2D eigenvalue weighted by molar-refractivity contribution is 5.27. The van der Waals surface area contributed by atoms with Crippen LogP contribution in [0.5, 0.6) is 5.88 Å². The first kappa shape index (κ1) is 12.1. The van der Waals surface area contributed by atoms with Gasteiger partial charge in [0.25, 0.3) is 0 Å². The number of methoxy groups -OCH3 is 1. The minimum Gasteiger partial charge on any atom is -0.481 e. The highest BCUT2D eigenvalue weighted by atomic mass is 16.5. The van der Waals surface area contributed by atoms with Gasteiger partial charge in [-0.2, -0.15) is 4.98 Å². The molecule has 0 amide bonds. The quantitative estimate of drug-likeness (QED) is 0.871. The van der Waals surface area contributed by atoms with Crippen LogP contribution in [-0.2, 0) is 0 Å².